The maximum Gasteiger partial charge on any atom is 0.312 e. The number of carbonyl (C=O) groups excluding carboxylic acids is 2. The monoisotopic (exact) mass is 357 g/mol. The molecule has 130 valence electrons. The van der Waals surface area contributed by atoms with Gasteiger partial charge in [0.1, 0.15) is 17.0 Å². The Morgan fingerprint density at radius 1 is 1.16 bits per heavy atom. The van der Waals surface area contributed by atoms with Gasteiger partial charge < -0.3 is 15.1 Å². The van der Waals surface area contributed by atoms with Crippen LogP contribution in [0.25, 0.3) is 10.2 Å². The van der Waals surface area contributed by atoms with Gasteiger partial charge in [-0.1, -0.05) is 0 Å². The van der Waals surface area contributed by atoms with E-state index in [2.05, 4.69) is 20.2 Å². The van der Waals surface area contributed by atoms with Crippen LogP contribution in [0.3, 0.4) is 0 Å². The van der Waals surface area contributed by atoms with Gasteiger partial charge in [-0.05, 0) is 31.2 Å². The molecule has 8 heteroatoms. The van der Waals surface area contributed by atoms with Crippen molar-refractivity contribution in [3.63, 3.8) is 0 Å². The molecule has 1 aliphatic carbocycles. The molecule has 4 heterocycles. The van der Waals surface area contributed by atoms with Gasteiger partial charge in [-0.15, -0.1) is 11.3 Å². The van der Waals surface area contributed by atoms with Crippen LogP contribution in [0.2, 0.25) is 0 Å². The van der Waals surface area contributed by atoms with Crippen molar-refractivity contribution < 1.29 is 9.59 Å². The van der Waals surface area contributed by atoms with Crippen molar-refractivity contribution in [2.45, 2.75) is 31.7 Å². The number of hydrogen-bond acceptors (Lipinski definition) is 6. The van der Waals surface area contributed by atoms with E-state index in [4.69, 9.17) is 0 Å². The molecule has 25 heavy (non-hydrogen) atoms. The minimum absolute atomic E-state index is 0.0124. The Kier molecular flexibility index (Phi) is 3.41. The second-order valence-corrected chi connectivity index (χ2v) is 7.98. The van der Waals surface area contributed by atoms with Crippen LogP contribution in [0, 0.1) is 0 Å². The van der Waals surface area contributed by atoms with Crippen molar-refractivity contribution in [1.29, 1.82) is 0 Å². The van der Waals surface area contributed by atoms with Crippen molar-refractivity contribution in [2.24, 2.45) is 0 Å². The summed E-state index contributed by atoms with van der Waals surface area (Å²) in [6.07, 6.45) is 6.38. The first-order chi connectivity index (χ1) is 12.2. The lowest BCUT2D eigenvalue weighted by molar-refractivity contribution is -0.150. The molecule has 2 aromatic rings. The molecule has 0 bridgehead atoms. The maximum atomic E-state index is 12.0. The summed E-state index contributed by atoms with van der Waals surface area (Å²) in [5.41, 5.74) is 1.43. The molecule has 2 aliphatic heterocycles. The van der Waals surface area contributed by atoms with E-state index in [1.807, 2.05) is 0 Å². The van der Waals surface area contributed by atoms with Crippen molar-refractivity contribution in [3.05, 3.63) is 16.8 Å². The Morgan fingerprint density at radius 2 is 2.04 bits per heavy atom. The van der Waals surface area contributed by atoms with E-state index < -0.39 is 11.8 Å². The molecule has 0 aromatic carbocycles. The highest BCUT2D eigenvalue weighted by molar-refractivity contribution is 7.19. The number of aromatic nitrogens is 2. The summed E-state index contributed by atoms with van der Waals surface area (Å²) in [5, 5.41) is 3.91. The minimum Gasteiger partial charge on any atom is -0.352 e. The summed E-state index contributed by atoms with van der Waals surface area (Å²) in [4.78, 5) is 39.2. The number of aryl methyl sites for hydroxylation is 2. The number of thiophene rings is 1. The van der Waals surface area contributed by atoms with Crippen molar-refractivity contribution >= 4 is 39.2 Å². The van der Waals surface area contributed by atoms with E-state index in [1.54, 1.807) is 22.6 Å². The molecule has 1 N–H and O–H groups in total. The molecule has 2 saturated heterocycles. The number of carbonyl (C=O) groups is 2. The molecule has 1 unspecified atom stereocenters. The van der Waals surface area contributed by atoms with Gasteiger partial charge in [-0.2, -0.15) is 0 Å². The van der Waals surface area contributed by atoms with Crippen LogP contribution < -0.4 is 10.2 Å². The third-order valence-electron chi connectivity index (χ3n) is 5.47. The fourth-order valence-electron chi connectivity index (χ4n) is 4.22. The topological polar surface area (TPSA) is 78.4 Å². The number of nitrogens with zero attached hydrogens (tertiary/aromatic N) is 4. The number of hydrogen-bond donors (Lipinski definition) is 1. The van der Waals surface area contributed by atoms with Crippen LogP contribution >= 0.6 is 11.3 Å². The predicted octanol–water partition coefficient (Wildman–Crippen LogP) is 0.717. The molecule has 1 atom stereocenters. The number of anilines is 1. The van der Waals surface area contributed by atoms with E-state index >= 15 is 0 Å². The van der Waals surface area contributed by atoms with Gasteiger partial charge in [0, 0.05) is 31.1 Å². The zero-order valence-corrected chi connectivity index (χ0v) is 14.6. The molecule has 0 saturated carbocycles. The molecule has 5 rings (SSSR count). The van der Waals surface area contributed by atoms with Gasteiger partial charge in [0.05, 0.1) is 11.4 Å². The minimum atomic E-state index is -0.485. The average Bonchev–Trinajstić information content (AvgIpc) is 3.03. The van der Waals surface area contributed by atoms with E-state index in [9.17, 15) is 9.59 Å². The highest BCUT2D eigenvalue weighted by atomic mass is 32.1. The highest BCUT2D eigenvalue weighted by Gasteiger charge is 2.38. The third kappa shape index (κ3) is 2.31. The molecular formula is C17H19N5O2S. The number of amides is 2. The summed E-state index contributed by atoms with van der Waals surface area (Å²) in [7, 11) is 0. The van der Waals surface area contributed by atoms with E-state index in [-0.39, 0.29) is 6.04 Å². The Bertz CT molecular complexity index is 879. The van der Waals surface area contributed by atoms with Crippen LogP contribution in [-0.4, -0.2) is 58.9 Å². The van der Waals surface area contributed by atoms with E-state index in [0.717, 1.165) is 23.5 Å². The fourth-order valence-corrected chi connectivity index (χ4v) is 5.44. The average molecular weight is 357 g/mol. The van der Waals surface area contributed by atoms with Crippen LogP contribution in [-0.2, 0) is 22.4 Å². The first kappa shape index (κ1) is 15.1. The van der Waals surface area contributed by atoms with Gasteiger partial charge in [0.25, 0.3) is 0 Å². The number of rotatable bonds is 1. The normalized spacial score (nSPS) is 23.4. The Labute approximate surface area is 149 Å². The number of nitrogens with one attached hydrogen (secondary N) is 1. The second kappa shape index (κ2) is 5.66. The van der Waals surface area contributed by atoms with Crippen LogP contribution in [0.5, 0.6) is 0 Å². The van der Waals surface area contributed by atoms with Crippen LogP contribution in [0.1, 0.15) is 23.3 Å². The smallest absolute Gasteiger partial charge is 0.312 e. The Balaban J connectivity index is 1.51. The molecule has 7 nitrogen and oxygen atoms in total. The maximum absolute atomic E-state index is 12.0. The van der Waals surface area contributed by atoms with Crippen molar-refractivity contribution in [3.8, 4) is 0 Å². The second-order valence-electron chi connectivity index (χ2n) is 6.90. The molecule has 0 radical (unpaired) electrons. The zero-order chi connectivity index (χ0) is 17.0. The van der Waals surface area contributed by atoms with Crippen LogP contribution in [0.15, 0.2) is 6.33 Å². The van der Waals surface area contributed by atoms with Crippen molar-refractivity contribution in [1.82, 2.24) is 20.2 Å². The molecule has 2 amide bonds. The van der Waals surface area contributed by atoms with Gasteiger partial charge in [0.2, 0.25) is 0 Å². The first-order valence-electron chi connectivity index (χ1n) is 8.81. The predicted molar refractivity (Wildman–Crippen MR) is 94.8 cm³/mol. The number of piperazine rings is 2. The highest BCUT2D eigenvalue weighted by Crippen LogP contribution is 2.39. The number of fused-ring (bicyclic) bond motifs is 4. The van der Waals surface area contributed by atoms with Gasteiger partial charge in [-0.25, -0.2) is 9.97 Å². The summed E-state index contributed by atoms with van der Waals surface area (Å²) in [6.45, 7) is 2.47. The lowest BCUT2D eigenvalue weighted by Gasteiger charge is -2.43. The lowest BCUT2D eigenvalue weighted by Crippen LogP contribution is -2.65. The third-order valence-corrected chi connectivity index (χ3v) is 6.67. The summed E-state index contributed by atoms with van der Waals surface area (Å²) < 4.78 is 0. The zero-order valence-electron chi connectivity index (χ0n) is 13.8. The molecule has 3 aliphatic rings. The summed E-state index contributed by atoms with van der Waals surface area (Å²) in [5.74, 6) is 0.103. The van der Waals surface area contributed by atoms with E-state index in [0.29, 0.717) is 26.2 Å². The van der Waals surface area contributed by atoms with E-state index in [1.165, 1.54) is 28.7 Å². The van der Waals surface area contributed by atoms with Gasteiger partial charge in [-0.3, -0.25) is 9.59 Å². The molecule has 0 spiro atoms. The molecular weight excluding hydrogens is 338 g/mol. The molecule has 2 aromatic heterocycles. The van der Waals surface area contributed by atoms with Crippen molar-refractivity contribution in [2.75, 3.05) is 31.1 Å². The summed E-state index contributed by atoms with van der Waals surface area (Å²) in [6, 6.07) is 0.0124. The standard InChI is InChI=1S/C17H19N5O2S/c23-15-17(24)22-6-5-21(8-10(22)7-18-15)14-13-11-3-1-2-4-12(11)25-16(13)20-9-19-14/h9-10H,1-8H2,(H,18,23). The first-order valence-corrected chi connectivity index (χ1v) is 9.63. The quantitative estimate of drug-likeness (QED) is 0.761. The Hall–Kier alpha value is -2.22. The molecule has 2 fully saturated rings. The fraction of sp³-hybridized carbons (Fsp3) is 0.529. The van der Waals surface area contributed by atoms with Crippen LogP contribution in [0.4, 0.5) is 5.82 Å². The SMILES string of the molecule is O=C1NCC2CN(c3ncnc4sc5c(c34)CCCC5)CCN2C1=O. The Morgan fingerprint density at radius 3 is 2.96 bits per heavy atom. The summed E-state index contributed by atoms with van der Waals surface area (Å²) >= 11 is 1.80. The van der Waals surface area contributed by atoms with Gasteiger partial charge in [0.15, 0.2) is 0 Å². The lowest BCUT2D eigenvalue weighted by atomic mass is 9.96. The largest absolute Gasteiger partial charge is 0.352 e. The van der Waals surface area contributed by atoms with Gasteiger partial charge >= 0.3 is 11.8 Å².